The van der Waals surface area contributed by atoms with Crippen LogP contribution in [0.5, 0.6) is 0 Å². The van der Waals surface area contributed by atoms with Crippen molar-refractivity contribution in [3.63, 3.8) is 0 Å². The molecule has 4 aromatic rings. The highest BCUT2D eigenvalue weighted by molar-refractivity contribution is 6.05. The standard InChI is InChI=1S/C23H20N6O2/c1-15(30)17-3-5-18(6-4-17)23(31)28-20-9-7-19(8-10-20)27-21-13-22(26-16(2)25-21)29-12-11-24-14-29/h3-14H,1-2H3,(H,28,31)(H,25,26,27). The maximum Gasteiger partial charge on any atom is 0.255 e. The number of imidazole rings is 1. The van der Waals surface area contributed by atoms with Crippen LogP contribution in [0.4, 0.5) is 17.2 Å². The molecule has 1 amide bonds. The van der Waals surface area contributed by atoms with Gasteiger partial charge in [0.25, 0.3) is 5.91 Å². The third-order valence-electron chi connectivity index (χ3n) is 4.56. The van der Waals surface area contributed by atoms with Crippen molar-refractivity contribution in [3.8, 4) is 5.82 Å². The first kappa shape index (κ1) is 20.0. The number of aromatic nitrogens is 4. The Kier molecular flexibility index (Phi) is 5.53. The molecule has 0 atom stereocenters. The number of nitrogens with zero attached hydrogens (tertiary/aromatic N) is 4. The molecule has 0 spiro atoms. The van der Waals surface area contributed by atoms with Crippen molar-refractivity contribution >= 4 is 28.9 Å². The van der Waals surface area contributed by atoms with E-state index in [1.807, 2.05) is 31.3 Å². The van der Waals surface area contributed by atoms with Gasteiger partial charge in [-0.15, -0.1) is 0 Å². The number of nitrogens with one attached hydrogen (secondary N) is 2. The van der Waals surface area contributed by atoms with Gasteiger partial charge >= 0.3 is 0 Å². The van der Waals surface area contributed by atoms with Crippen molar-refractivity contribution in [1.29, 1.82) is 0 Å². The van der Waals surface area contributed by atoms with Gasteiger partial charge in [-0.3, -0.25) is 14.2 Å². The van der Waals surface area contributed by atoms with Crippen LogP contribution in [-0.2, 0) is 0 Å². The minimum atomic E-state index is -0.243. The van der Waals surface area contributed by atoms with Crippen LogP contribution in [-0.4, -0.2) is 31.2 Å². The number of hydrogen-bond donors (Lipinski definition) is 2. The van der Waals surface area contributed by atoms with Crippen LogP contribution in [0.25, 0.3) is 5.82 Å². The molecule has 0 aliphatic carbocycles. The summed E-state index contributed by atoms with van der Waals surface area (Å²) in [6.45, 7) is 3.32. The highest BCUT2D eigenvalue weighted by atomic mass is 16.1. The monoisotopic (exact) mass is 412 g/mol. The normalized spacial score (nSPS) is 10.5. The summed E-state index contributed by atoms with van der Waals surface area (Å²) in [6, 6.07) is 15.7. The van der Waals surface area contributed by atoms with Gasteiger partial charge in [0, 0.05) is 41.0 Å². The average molecular weight is 412 g/mol. The van der Waals surface area contributed by atoms with E-state index in [1.54, 1.807) is 53.5 Å². The van der Waals surface area contributed by atoms with Gasteiger partial charge < -0.3 is 10.6 Å². The van der Waals surface area contributed by atoms with Gasteiger partial charge in [0.2, 0.25) is 0 Å². The lowest BCUT2D eigenvalue weighted by molar-refractivity contribution is 0.101. The predicted octanol–water partition coefficient (Wildman–Crippen LogP) is 4.17. The van der Waals surface area contributed by atoms with Gasteiger partial charge in [0.15, 0.2) is 5.78 Å². The van der Waals surface area contributed by atoms with E-state index in [1.165, 1.54) is 6.92 Å². The summed E-state index contributed by atoms with van der Waals surface area (Å²) in [5.74, 6) is 1.72. The fourth-order valence-corrected chi connectivity index (χ4v) is 2.99. The van der Waals surface area contributed by atoms with Gasteiger partial charge in [-0.1, -0.05) is 12.1 Å². The van der Waals surface area contributed by atoms with Crippen molar-refractivity contribution in [2.45, 2.75) is 13.8 Å². The van der Waals surface area contributed by atoms with E-state index in [9.17, 15) is 9.59 Å². The average Bonchev–Trinajstić information content (AvgIpc) is 3.30. The summed E-state index contributed by atoms with van der Waals surface area (Å²) in [6.07, 6.45) is 5.18. The summed E-state index contributed by atoms with van der Waals surface area (Å²) in [5.41, 5.74) is 2.53. The Balaban J connectivity index is 1.44. The van der Waals surface area contributed by atoms with Gasteiger partial charge in [0.1, 0.15) is 23.8 Å². The molecule has 8 heteroatoms. The number of ketones is 1. The molecule has 2 N–H and O–H groups in total. The van der Waals surface area contributed by atoms with E-state index in [-0.39, 0.29) is 11.7 Å². The minimum Gasteiger partial charge on any atom is -0.340 e. The molecule has 0 radical (unpaired) electrons. The smallest absolute Gasteiger partial charge is 0.255 e. The molecule has 2 heterocycles. The molecule has 0 aliphatic rings. The molecular weight excluding hydrogens is 392 g/mol. The lowest BCUT2D eigenvalue weighted by Crippen LogP contribution is -2.12. The molecule has 154 valence electrons. The van der Waals surface area contributed by atoms with E-state index in [4.69, 9.17) is 0 Å². The van der Waals surface area contributed by atoms with Crippen LogP contribution in [0.15, 0.2) is 73.3 Å². The van der Waals surface area contributed by atoms with Gasteiger partial charge in [0.05, 0.1) is 0 Å². The Morgan fingerprint density at radius 3 is 2.23 bits per heavy atom. The quantitative estimate of drug-likeness (QED) is 0.461. The van der Waals surface area contributed by atoms with Crippen molar-refractivity contribution in [1.82, 2.24) is 19.5 Å². The van der Waals surface area contributed by atoms with Gasteiger partial charge in [-0.25, -0.2) is 15.0 Å². The molecule has 0 fully saturated rings. The van der Waals surface area contributed by atoms with E-state index in [0.717, 1.165) is 5.69 Å². The Labute approximate surface area is 179 Å². The zero-order valence-corrected chi connectivity index (χ0v) is 17.0. The number of Topliss-reactive ketones (excluding diaryl/α,β-unsaturated/α-hetero) is 1. The van der Waals surface area contributed by atoms with Crippen LogP contribution in [0.1, 0.15) is 33.5 Å². The summed E-state index contributed by atoms with van der Waals surface area (Å²) in [4.78, 5) is 36.7. The molecule has 2 aromatic carbocycles. The highest BCUT2D eigenvalue weighted by Crippen LogP contribution is 2.20. The second kappa shape index (κ2) is 8.58. The highest BCUT2D eigenvalue weighted by Gasteiger charge is 2.08. The van der Waals surface area contributed by atoms with Crippen LogP contribution in [0.2, 0.25) is 0 Å². The van der Waals surface area contributed by atoms with Crippen molar-refractivity contribution in [3.05, 3.63) is 90.3 Å². The van der Waals surface area contributed by atoms with Crippen LogP contribution in [0, 0.1) is 6.92 Å². The number of benzene rings is 2. The Morgan fingerprint density at radius 1 is 0.903 bits per heavy atom. The van der Waals surface area contributed by atoms with E-state index < -0.39 is 0 Å². The fraction of sp³-hybridized carbons (Fsp3) is 0.0870. The second-order valence-corrected chi connectivity index (χ2v) is 6.92. The first-order valence-electron chi connectivity index (χ1n) is 9.61. The molecular formula is C23H20N6O2. The summed E-state index contributed by atoms with van der Waals surface area (Å²) < 4.78 is 1.81. The zero-order chi connectivity index (χ0) is 21.8. The van der Waals surface area contributed by atoms with Crippen LogP contribution in [0.3, 0.4) is 0 Å². The number of aryl methyl sites for hydroxylation is 1. The SMILES string of the molecule is CC(=O)c1ccc(C(=O)Nc2ccc(Nc3cc(-n4ccnc4)nc(C)n3)cc2)cc1. The lowest BCUT2D eigenvalue weighted by Gasteiger charge is -2.10. The molecule has 0 aliphatic heterocycles. The number of carbonyl (C=O) groups excluding carboxylic acids is 2. The molecule has 0 bridgehead atoms. The van der Waals surface area contributed by atoms with Crippen LogP contribution >= 0.6 is 0 Å². The Bertz CT molecular complexity index is 1220. The fourth-order valence-electron chi connectivity index (χ4n) is 2.99. The molecule has 2 aromatic heterocycles. The minimum absolute atomic E-state index is 0.0360. The third-order valence-corrected chi connectivity index (χ3v) is 4.56. The van der Waals surface area contributed by atoms with Crippen molar-refractivity contribution in [2.24, 2.45) is 0 Å². The Morgan fingerprint density at radius 2 is 1.58 bits per heavy atom. The molecule has 31 heavy (non-hydrogen) atoms. The predicted molar refractivity (Wildman–Crippen MR) is 118 cm³/mol. The van der Waals surface area contributed by atoms with E-state index in [2.05, 4.69) is 25.6 Å². The van der Waals surface area contributed by atoms with Crippen molar-refractivity contribution < 1.29 is 9.59 Å². The largest absolute Gasteiger partial charge is 0.340 e. The lowest BCUT2D eigenvalue weighted by atomic mass is 10.1. The molecule has 0 unspecified atom stereocenters. The maximum atomic E-state index is 12.4. The molecule has 0 saturated heterocycles. The number of amides is 1. The number of anilines is 3. The Hall–Kier alpha value is -4.33. The molecule has 4 rings (SSSR count). The molecule has 0 saturated carbocycles. The summed E-state index contributed by atoms with van der Waals surface area (Å²) in [5, 5.41) is 6.09. The van der Waals surface area contributed by atoms with E-state index >= 15 is 0 Å². The molecule has 8 nitrogen and oxygen atoms in total. The summed E-state index contributed by atoms with van der Waals surface area (Å²) >= 11 is 0. The first-order chi connectivity index (χ1) is 15.0. The van der Waals surface area contributed by atoms with Crippen LogP contribution < -0.4 is 10.6 Å². The van der Waals surface area contributed by atoms with Gasteiger partial charge in [-0.05, 0) is 50.2 Å². The second-order valence-electron chi connectivity index (χ2n) is 6.92. The third kappa shape index (κ3) is 4.81. The number of carbonyl (C=O) groups is 2. The zero-order valence-electron chi connectivity index (χ0n) is 17.0. The van der Waals surface area contributed by atoms with Gasteiger partial charge in [-0.2, -0.15) is 0 Å². The first-order valence-corrected chi connectivity index (χ1v) is 9.61. The van der Waals surface area contributed by atoms with Crippen molar-refractivity contribution in [2.75, 3.05) is 10.6 Å². The summed E-state index contributed by atoms with van der Waals surface area (Å²) in [7, 11) is 0. The number of hydrogen-bond acceptors (Lipinski definition) is 6. The maximum absolute atomic E-state index is 12.4. The topological polar surface area (TPSA) is 102 Å². The number of rotatable bonds is 6. The van der Waals surface area contributed by atoms with E-state index in [0.29, 0.717) is 34.3 Å².